The van der Waals surface area contributed by atoms with E-state index in [1.807, 2.05) is 12.1 Å². The van der Waals surface area contributed by atoms with Crippen LogP contribution in [0, 0.1) is 10.8 Å². The predicted molar refractivity (Wildman–Crippen MR) is 79.6 cm³/mol. The van der Waals surface area contributed by atoms with Crippen LogP contribution in [0.25, 0.3) is 0 Å². The molecule has 4 heteroatoms. The van der Waals surface area contributed by atoms with Gasteiger partial charge in [-0.3, -0.25) is 0 Å². The summed E-state index contributed by atoms with van der Waals surface area (Å²) in [6.45, 7) is 8.69. The van der Waals surface area contributed by atoms with E-state index in [1.54, 1.807) is 11.8 Å². The van der Waals surface area contributed by atoms with Crippen molar-refractivity contribution < 1.29 is 14.2 Å². The highest BCUT2D eigenvalue weighted by molar-refractivity contribution is 7.98. The monoisotopic (exact) mass is 294 g/mol. The lowest BCUT2D eigenvalue weighted by atomic mass is 9.67. The molecule has 0 saturated carbocycles. The quantitative estimate of drug-likeness (QED) is 0.779. The van der Waals surface area contributed by atoms with Gasteiger partial charge in [0.1, 0.15) is 0 Å². The number of ether oxygens (including phenoxy) is 3. The van der Waals surface area contributed by atoms with E-state index in [-0.39, 0.29) is 10.8 Å². The largest absolute Gasteiger partial charge is 0.323 e. The summed E-state index contributed by atoms with van der Waals surface area (Å²) < 4.78 is 18.0. The Morgan fingerprint density at radius 2 is 1.45 bits per heavy atom. The third-order valence-corrected chi connectivity index (χ3v) is 5.39. The standard InChI is InChI=1S/C16H22O3S/c1-14(2,3)15-9-17-16(18-10-15,19-11-15)12-5-7-13(20-4)8-6-12/h5-8H,9-11H2,1-4H3. The Hall–Kier alpha value is -0.550. The summed E-state index contributed by atoms with van der Waals surface area (Å²) in [6.07, 6.45) is 2.07. The van der Waals surface area contributed by atoms with Crippen molar-refractivity contribution in [2.24, 2.45) is 10.8 Å². The molecule has 1 aromatic carbocycles. The number of hydrogen-bond donors (Lipinski definition) is 0. The summed E-state index contributed by atoms with van der Waals surface area (Å²) >= 11 is 1.72. The molecular formula is C16H22O3S. The average Bonchev–Trinajstić information content (AvgIpc) is 2.48. The van der Waals surface area contributed by atoms with E-state index in [4.69, 9.17) is 14.2 Å². The fraction of sp³-hybridized carbons (Fsp3) is 0.625. The van der Waals surface area contributed by atoms with Gasteiger partial charge in [0.2, 0.25) is 0 Å². The van der Waals surface area contributed by atoms with Crippen LogP contribution in [-0.4, -0.2) is 26.1 Å². The lowest BCUT2D eigenvalue weighted by Crippen LogP contribution is -2.62. The fourth-order valence-corrected chi connectivity index (χ4v) is 3.05. The maximum Gasteiger partial charge on any atom is 0.312 e. The van der Waals surface area contributed by atoms with Crippen LogP contribution >= 0.6 is 11.8 Å². The number of thioether (sulfide) groups is 1. The molecule has 3 aliphatic heterocycles. The van der Waals surface area contributed by atoms with Crippen molar-refractivity contribution in [1.82, 2.24) is 0 Å². The number of rotatable bonds is 2. The van der Waals surface area contributed by atoms with E-state index in [9.17, 15) is 0 Å². The van der Waals surface area contributed by atoms with Gasteiger partial charge in [-0.1, -0.05) is 20.8 Å². The first kappa shape index (κ1) is 14.4. The molecule has 3 fully saturated rings. The van der Waals surface area contributed by atoms with Crippen molar-refractivity contribution in [3.8, 4) is 0 Å². The van der Waals surface area contributed by atoms with Gasteiger partial charge in [-0.25, -0.2) is 0 Å². The fourth-order valence-electron chi connectivity index (χ4n) is 2.64. The van der Waals surface area contributed by atoms with Gasteiger partial charge in [-0.15, -0.1) is 11.8 Å². The minimum atomic E-state index is -0.996. The SMILES string of the molecule is CSc1ccc(C23OCC(C(C)(C)C)(CO2)CO3)cc1. The molecule has 2 bridgehead atoms. The summed E-state index contributed by atoms with van der Waals surface area (Å²) in [5.74, 6) is -0.996. The molecule has 0 N–H and O–H groups in total. The van der Waals surface area contributed by atoms with Crippen LogP contribution in [0.4, 0.5) is 0 Å². The molecule has 20 heavy (non-hydrogen) atoms. The molecule has 0 amide bonds. The maximum absolute atomic E-state index is 6.00. The molecule has 0 spiro atoms. The number of benzene rings is 1. The number of fused-ring (bicyclic) bond motifs is 3. The molecule has 110 valence electrons. The first-order valence-electron chi connectivity index (χ1n) is 6.97. The molecule has 0 atom stereocenters. The molecule has 0 unspecified atom stereocenters. The van der Waals surface area contributed by atoms with Crippen molar-refractivity contribution in [2.45, 2.75) is 31.6 Å². The second-order valence-electron chi connectivity index (χ2n) is 6.68. The Labute approximate surface area is 125 Å². The minimum absolute atomic E-state index is 0.0477. The van der Waals surface area contributed by atoms with Gasteiger partial charge < -0.3 is 14.2 Å². The van der Waals surface area contributed by atoms with Crippen molar-refractivity contribution in [3.05, 3.63) is 29.8 Å². The lowest BCUT2D eigenvalue weighted by Gasteiger charge is -2.56. The second-order valence-corrected chi connectivity index (χ2v) is 7.56. The second kappa shape index (κ2) is 4.73. The van der Waals surface area contributed by atoms with Gasteiger partial charge in [0.15, 0.2) is 0 Å². The molecule has 4 rings (SSSR count). The third kappa shape index (κ3) is 2.10. The first-order chi connectivity index (χ1) is 9.41. The van der Waals surface area contributed by atoms with E-state index < -0.39 is 5.97 Å². The Morgan fingerprint density at radius 3 is 1.85 bits per heavy atom. The summed E-state index contributed by atoms with van der Waals surface area (Å²) in [6, 6.07) is 8.21. The van der Waals surface area contributed by atoms with Gasteiger partial charge in [0, 0.05) is 15.9 Å². The highest BCUT2D eigenvalue weighted by Crippen LogP contribution is 2.51. The lowest BCUT2D eigenvalue weighted by molar-refractivity contribution is -0.489. The summed E-state index contributed by atoms with van der Waals surface area (Å²) in [5.41, 5.74) is 0.994. The molecular weight excluding hydrogens is 272 g/mol. The van der Waals surface area contributed by atoms with Crippen LogP contribution in [0.5, 0.6) is 0 Å². The minimum Gasteiger partial charge on any atom is -0.323 e. The van der Waals surface area contributed by atoms with Gasteiger partial charge in [0.05, 0.1) is 19.8 Å². The van der Waals surface area contributed by atoms with Crippen molar-refractivity contribution in [3.63, 3.8) is 0 Å². The maximum atomic E-state index is 6.00. The summed E-state index contributed by atoms with van der Waals surface area (Å²) in [4.78, 5) is 1.22. The van der Waals surface area contributed by atoms with Gasteiger partial charge >= 0.3 is 5.97 Å². The van der Waals surface area contributed by atoms with E-state index in [2.05, 4.69) is 39.2 Å². The van der Waals surface area contributed by atoms with E-state index in [0.29, 0.717) is 19.8 Å². The van der Waals surface area contributed by atoms with Crippen LogP contribution in [0.1, 0.15) is 26.3 Å². The molecule has 3 nitrogen and oxygen atoms in total. The van der Waals surface area contributed by atoms with Crippen LogP contribution < -0.4 is 0 Å². The van der Waals surface area contributed by atoms with Gasteiger partial charge in [0.25, 0.3) is 0 Å². The van der Waals surface area contributed by atoms with Gasteiger partial charge in [-0.05, 0) is 35.9 Å². The topological polar surface area (TPSA) is 27.7 Å². The Bertz CT molecular complexity index is 465. The van der Waals surface area contributed by atoms with E-state index in [0.717, 1.165) is 5.56 Å². The smallest absolute Gasteiger partial charge is 0.312 e. The highest BCUT2D eigenvalue weighted by atomic mass is 32.2. The zero-order valence-corrected chi connectivity index (χ0v) is 13.4. The van der Waals surface area contributed by atoms with Crippen LogP contribution in [0.3, 0.4) is 0 Å². The zero-order valence-electron chi connectivity index (χ0n) is 12.6. The van der Waals surface area contributed by atoms with E-state index in [1.165, 1.54) is 4.90 Å². The van der Waals surface area contributed by atoms with Crippen LogP contribution in [0.2, 0.25) is 0 Å². The zero-order chi connectivity index (χ0) is 14.4. The molecule has 0 aromatic heterocycles. The third-order valence-electron chi connectivity index (χ3n) is 4.65. The summed E-state index contributed by atoms with van der Waals surface area (Å²) in [7, 11) is 0. The molecule has 1 aromatic rings. The molecule has 0 aliphatic carbocycles. The normalized spacial score (nSPS) is 33.4. The molecule has 0 radical (unpaired) electrons. The first-order valence-corrected chi connectivity index (χ1v) is 8.20. The van der Waals surface area contributed by atoms with Crippen molar-refractivity contribution in [2.75, 3.05) is 26.1 Å². The molecule has 3 heterocycles. The van der Waals surface area contributed by atoms with Crippen molar-refractivity contribution in [1.29, 1.82) is 0 Å². The van der Waals surface area contributed by atoms with Gasteiger partial charge in [-0.2, -0.15) is 0 Å². The van der Waals surface area contributed by atoms with E-state index >= 15 is 0 Å². The Morgan fingerprint density at radius 1 is 0.950 bits per heavy atom. The average molecular weight is 294 g/mol. The molecule has 3 aliphatic rings. The molecule has 3 saturated heterocycles. The number of hydrogen-bond acceptors (Lipinski definition) is 4. The van der Waals surface area contributed by atoms with Crippen LogP contribution in [-0.2, 0) is 20.2 Å². The predicted octanol–water partition coefficient (Wildman–Crippen LogP) is 3.63. The Balaban J connectivity index is 1.84. The Kier molecular flexibility index (Phi) is 3.41. The summed E-state index contributed by atoms with van der Waals surface area (Å²) in [5, 5.41) is 0. The van der Waals surface area contributed by atoms with Crippen molar-refractivity contribution >= 4 is 11.8 Å². The highest BCUT2D eigenvalue weighted by Gasteiger charge is 2.57. The van der Waals surface area contributed by atoms with Crippen LogP contribution in [0.15, 0.2) is 29.2 Å².